The van der Waals surface area contributed by atoms with E-state index >= 15 is 0 Å². The van der Waals surface area contributed by atoms with Gasteiger partial charge >= 0.3 is 0 Å². The summed E-state index contributed by atoms with van der Waals surface area (Å²) in [6.45, 7) is 7.24. The highest BCUT2D eigenvalue weighted by atomic mass is 35.5. The van der Waals surface area contributed by atoms with E-state index in [1.54, 1.807) is 21.0 Å². The van der Waals surface area contributed by atoms with E-state index < -0.39 is 5.91 Å². The summed E-state index contributed by atoms with van der Waals surface area (Å²) in [6, 6.07) is 3.80. The molecule has 28 heavy (non-hydrogen) atoms. The number of benzene rings is 1. The van der Waals surface area contributed by atoms with Gasteiger partial charge < -0.3 is 15.3 Å². The van der Waals surface area contributed by atoms with Crippen molar-refractivity contribution in [1.82, 2.24) is 0 Å². The first-order chi connectivity index (χ1) is 13.3. The molecule has 0 spiro atoms. The molecule has 0 aliphatic carbocycles. The van der Waals surface area contributed by atoms with Crippen molar-refractivity contribution in [2.75, 3.05) is 12.4 Å². The molecular weight excluding hydrogens is 376 g/mol. The number of aryl methyl sites for hydroxylation is 2. The van der Waals surface area contributed by atoms with E-state index in [2.05, 4.69) is 11.2 Å². The van der Waals surface area contributed by atoms with Crippen LogP contribution >= 0.6 is 11.6 Å². The van der Waals surface area contributed by atoms with Gasteiger partial charge in [-0.25, -0.2) is 0 Å². The molecule has 1 N–H and O–H groups in total. The standard InChI is InChI=1S/C22H25ClN2O3/c1-7-10-18-13(4)25(27)14(5)19(20(18)23)22(26)24-21-15(8-2)11-17(28-6)12-16(21)9-3/h1,11-12H,8-10H2,2-6H3,(H,24,26). The van der Waals surface area contributed by atoms with Gasteiger partial charge in [-0.3, -0.25) is 4.79 Å². The van der Waals surface area contributed by atoms with Gasteiger partial charge in [-0.05, 0) is 36.1 Å². The third kappa shape index (κ3) is 3.93. The van der Waals surface area contributed by atoms with Crippen molar-refractivity contribution in [3.8, 4) is 18.1 Å². The molecular formula is C22H25ClN2O3. The van der Waals surface area contributed by atoms with Crippen LogP contribution in [0.5, 0.6) is 5.75 Å². The average molecular weight is 401 g/mol. The Balaban J connectivity index is 2.60. The van der Waals surface area contributed by atoms with Crippen LogP contribution < -0.4 is 14.8 Å². The maximum Gasteiger partial charge on any atom is 0.263 e. The largest absolute Gasteiger partial charge is 0.618 e. The van der Waals surface area contributed by atoms with Gasteiger partial charge in [-0.1, -0.05) is 25.4 Å². The van der Waals surface area contributed by atoms with E-state index in [1.165, 1.54) is 0 Å². The van der Waals surface area contributed by atoms with Crippen molar-refractivity contribution in [2.24, 2.45) is 0 Å². The lowest BCUT2D eigenvalue weighted by Crippen LogP contribution is -2.38. The van der Waals surface area contributed by atoms with E-state index in [0.29, 0.717) is 28.8 Å². The van der Waals surface area contributed by atoms with Crippen molar-refractivity contribution in [3.63, 3.8) is 0 Å². The molecule has 0 aliphatic rings. The Morgan fingerprint density at radius 1 is 1.25 bits per heavy atom. The third-order valence-electron chi connectivity index (χ3n) is 4.91. The molecule has 1 aromatic carbocycles. The summed E-state index contributed by atoms with van der Waals surface area (Å²) >= 11 is 6.50. The lowest BCUT2D eigenvalue weighted by Gasteiger charge is -2.18. The normalized spacial score (nSPS) is 10.5. The van der Waals surface area contributed by atoms with Crippen LogP contribution in [0.25, 0.3) is 0 Å². The van der Waals surface area contributed by atoms with Crippen molar-refractivity contribution < 1.29 is 14.3 Å². The lowest BCUT2D eigenvalue weighted by molar-refractivity contribution is -0.619. The molecule has 1 aromatic heterocycles. The van der Waals surface area contributed by atoms with Gasteiger partial charge in [-0.15, -0.1) is 12.3 Å². The zero-order valence-corrected chi connectivity index (χ0v) is 17.7. The van der Waals surface area contributed by atoms with Gasteiger partial charge in [0.25, 0.3) is 5.91 Å². The van der Waals surface area contributed by atoms with E-state index in [-0.39, 0.29) is 22.7 Å². The summed E-state index contributed by atoms with van der Waals surface area (Å²) in [7, 11) is 1.61. The number of aromatic nitrogens is 1. The van der Waals surface area contributed by atoms with Gasteiger partial charge in [-0.2, -0.15) is 4.73 Å². The van der Waals surface area contributed by atoms with Crippen LogP contribution in [0.3, 0.4) is 0 Å². The molecule has 0 radical (unpaired) electrons. The fourth-order valence-corrected chi connectivity index (χ4v) is 3.69. The molecule has 6 heteroatoms. The Bertz CT molecular complexity index is 936. The number of rotatable bonds is 6. The number of nitrogens with one attached hydrogen (secondary N) is 1. The van der Waals surface area contributed by atoms with Gasteiger partial charge in [0.15, 0.2) is 5.69 Å². The summed E-state index contributed by atoms with van der Waals surface area (Å²) in [5.74, 6) is 2.81. The quantitative estimate of drug-likeness (QED) is 0.450. The number of methoxy groups -OCH3 is 1. The highest BCUT2D eigenvalue weighted by Gasteiger charge is 2.27. The number of pyridine rings is 1. The number of carbonyl (C=O) groups is 1. The first-order valence-corrected chi connectivity index (χ1v) is 9.54. The van der Waals surface area contributed by atoms with Gasteiger partial charge in [0.1, 0.15) is 11.3 Å². The van der Waals surface area contributed by atoms with Gasteiger partial charge in [0, 0.05) is 26.0 Å². The molecule has 5 nitrogen and oxygen atoms in total. The molecule has 0 unspecified atom stereocenters. The number of anilines is 1. The smallest absolute Gasteiger partial charge is 0.263 e. The zero-order chi connectivity index (χ0) is 21.0. The van der Waals surface area contributed by atoms with Crippen LogP contribution in [0.4, 0.5) is 5.69 Å². The Kier molecular flexibility index (Phi) is 6.93. The Morgan fingerprint density at radius 3 is 2.29 bits per heavy atom. The topological polar surface area (TPSA) is 65.3 Å². The molecule has 0 bridgehead atoms. The van der Waals surface area contributed by atoms with Crippen LogP contribution in [0.15, 0.2) is 12.1 Å². The molecule has 0 aliphatic heterocycles. The SMILES string of the molecule is C#CCc1c(Cl)c(C(=O)Nc2c(CC)cc(OC)cc2CC)c(C)[n+]([O-])c1C. The first-order valence-electron chi connectivity index (χ1n) is 9.16. The molecule has 0 saturated carbocycles. The van der Waals surface area contributed by atoms with Crippen LogP contribution in [0.1, 0.15) is 52.3 Å². The van der Waals surface area contributed by atoms with Crippen LogP contribution in [0.2, 0.25) is 5.02 Å². The number of hydrogen-bond acceptors (Lipinski definition) is 3. The van der Waals surface area contributed by atoms with Crippen molar-refractivity contribution >= 4 is 23.2 Å². The summed E-state index contributed by atoms with van der Waals surface area (Å²) in [4.78, 5) is 13.1. The van der Waals surface area contributed by atoms with Gasteiger partial charge in [0.05, 0.1) is 17.7 Å². The van der Waals surface area contributed by atoms with E-state index in [4.69, 9.17) is 22.8 Å². The van der Waals surface area contributed by atoms with Gasteiger partial charge in [0.2, 0.25) is 5.69 Å². The van der Waals surface area contributed by atoms with Crippen LogP contribution in [-0.2, 0) is 19.3 Å². The minimum absolute atomic E-state index is 0.146. The number of terminal acetylenes is 1. The third-order valence-corrected chi connectivity index (χ3v) is 5.33. The predicted molar refractivity (Wildman–Crippen MR) is 112 cm³/mol. The molecule has 1 heterocycles. The van der Waals surface area contributed by atoms with E-state index in [9.17, 15) is 10.0 Å². The second kappa shape index (κ2) is 8.99. The van der Waals surface area contributed by atoms with Crippen molar-refractivity contribution in [3.05, 3.63) is 56.0 Å². The molecule has 0 atom stereocenters. The predicted octanol–water partition coefficient (Wildman–Crippen LogP) is 4.15. The number of nitrogens with zero attached hydrogens (tertiary/aromatic N) is 1. The molecule has 0 fully saturated rings. The molecule has 1 amide bonds. The first kappa shape index (κ1) is 21.6. The van der Waals surface area contributed by atoms with Crippen LogP contribution in [-0.4, -0.2) is 13.0 Å². The Morgan fingerprint density at radius 2 is 1.82 bits per heavy atom. The molecule has 2 rings (SSSR count). The average Bonchev–Trinajstić information content (AvgIpc) is 2.69. The zero-order valence-electron chi connectivity index (χ0n) is 16.9. The van der Waals surface area contributed by atoms with E-state index in [1.807, 2.05) is 26.0 Å². The molecule has 148 valence electrons. The van der Waals surface area contributed by atoms with E-state index in [0.717, 1.165) is 22.6 Å². The molecule has 2 aromatic rings. The number of ether oxygens (including phenoxy) is 1. The number of carbonyl (C=O) groups excluding carboxylic acids is 1. The monoisotopic (exact) mass is 400 g/mol. The highest BCUT2D eigenvalue weighted by molar-refractivity contribution is 6.35. The summed E-state index contributed by atoms with van der Waals surface area (Å²) in [5, 5.41) is 15.7. The number of hydrogen-bond donors (Lipinski definition) is 1. The summed E-state index contributed by atoms with van der Waals surface area (Å²) in [6.07, 6.45) is 7.01. The summed E-state index contributed by atoms with van der Waals surface area (Å²) < 4.78 is 6.07. The fraction of sp³-hybridized carbons (Fsp3) is 0.364. The minimum atomic E-state index is -0.431. The van der Waals surface area contributed by atoms with Crippen molar-refractivity contribution in [1.29, 1.82) is 0 Å². The van der Waals surface area contributed by atoms with Crippen molar-refractivity contribution in [2.45, 2.75) is 47.0 Å². The molecule has 0 saturated heterocycles. The Hall–Kier alpha value is -2.71. The second-order valence-corrected chi connectivity index (χ2v) is 6.87. The minimum Gasteiger partial charge on any atom is -0.618 e. The number of halogens is 1. The fourth-order valence-electron chi connectivity index (χ4n) is 3.26. The maximum atomic E-state index is 13.1. The number of amides is 1. The second-order valence-electron chi connectivity index (χ2n) is 6.50. The highest BCUT2D eigenvalue weighted by Crippen LogP contribution is 2.31. The van der Waals surface area contributed by atoms with Crippen LogP contribution in [0, 0.1) is 31.4 Å². The lowest BCUT2D eigenvalue weighted by atomic mass is 10.0. The summed E-state index contributed by atoms with van der Waals surface area (Å²) in [5.41, 5.74) is 3.91. The Labute approximate surface area is 171 Å². The maximum absolute atomic E-state index is 13.1.